The SMILES string of the molecule is COc1ccccc1-c1c(N2CCNCC2)cnn1C. The molecule has 5 nitrogen and oxygen atoms in total. The summed E-state index contributed by atoms with van der Waals surface area (Å²) in [6.07, 6.45) is 1.95. The monoisotopic (exact) mass is 272 g/mol. The summed E-state index contributed by atoms with van der Waals surface area (Å²) in [6, 6.07) is 8.10. The Morgan fingerprint density at radius 1 is 1.20 bits per heavy atom. The number of aromatic nitrogens is 2. The number of nitrogens with zero attached hydrogens (tertiary/aromatic N) is 3. The van der Waals surface area contributed by atoms with Gasteiger partial charge < -0.3 is 15.0 Å². The zero-order valence-corrected chi connectivity index (χ0v) is 12.0. The minimum atomic E-state index is 0.882. The van der Waals surface area contributed by atoms with Crippen LogP contribution >= 0.6 is 0 Å². The summed E-state index contributed by atoms with van der Waals surface area (Å²) in [5, 5.41) is 7.82. The van der Waals surface area contributed by atoms with E-state index < -0.39 is 0 Å². The third-order valence-electron chi connectivity index (χ3n) is 3.74. The molecule has 0 saturated carbocycles. The van der Waals surface area contributed by atoms with Gasteiger partial charge in [0.25, 0.3) is 0 Å². The van der Waals surface area contributed by atoms with Crippen LogP contribution in [-0.2, 0) is 7.05 Å². The highest BCUT2D eigenvalue weighted by molar-refractivity contribution is 5.79. The smallest absolute Gasteiger partial charge is 0.128 e. The highest BCUT2D eigenvalue weighted by atomic mass is 16.5. The Morgan fingerprint density at radius 3 is 2.70 bits per heavy atom. The topological polar surface area (TPSA) is 42.3 Å². The molecule has 0 bridgehead atoms. The second-order valence-corrected chi connectivity index (χ2v) is 4.94. The molecule has 0 unspecified atom stereocenters. The molecule has 3 rings (SSSR count). The molecule has 1 saturated heterocycles. The molecule has 0 radical (unpaired) electrons. The van der Waals surface area contributed by atoms with Crippen molar-refractivity contribution in [2.24, 2.45) is 7.05 Å². The molecule has 0 atom stereocenters. The van der Waals surface area contributed by atoms with Crippen LogP contribution in [0.25, 0.3) is 11.3 Å². The van der Waals surface area contributed by atoms with Crippen LogP contribution in [0.5, 0.6) is 5.75 Å². The molecular weight excluding hydrogens is 252 g/mol. The van der Waals surface area contributed by atoms with E-state index in [1.54, 1.807) is 7.11 Å². The molecule has 0 amide bonds. The first-order valence-electron chi connectivity index (χ1n) is 6.92. The van der Waals surface area contributed by atoms with Crippen LogP contribution in [0.1, 0.15) is 0 Å². The summed E-state index contributed by atoms with van der Waals surface area (Å²) in [5.41, 5.74) is 3.38. The van der Waals surface area contributed by atoms with Gasteiger partial charge >= 0.3 is 0 Å². The fourth-order valence-corrected chi connectivity index (χ4v) is 2.72. The number of methoxy groups -OCH3 is 1. The molecular formula is C15H20N4O. The van der Waals surface area contributed by atoms with Crippen LogP contribution in [0.15, 0.2) is 30.5 Å². The minimum Gasteiger partial charge on any atom is -0.496 e. The van der Waals surface area contributed by atoms with Crippen molar-refractivity contribution < 1.29 is 4.74 Å². The van der Waals surface area contributed by atoms with Crippen LogP contribution in [-0.4, -0.2) is 43.1 Å². The molecule has 1 aromatic carbocycles. The van der Waals surface area contributed by atoms with Crippen molar-refractivity contribution in [3.05, 3.63) is 30.5 Å². The standard InChI is InChI=1S/C15H20N4O/c1-18-15(12-5-3-4-6-14(12)20-2)13(11-17-18)19-9-7-16-8-10-19/h3-6,11,16H,7-10H2,1-2H3. The van der Waals surface area contributed by atoms with E-state index in [9.17, 15) is 0 Å². The number of nitrogens with one attached hydrogen (secondary N) is 1. The number of piperazine rings is 1. The summed E-state index contributed by atoms with van der Waals surface area (Å²) in [6.45, 7) is 4.04. The van der Waals surface area contributed by atoms with Crippen molar-refractivity contribution in [1.82, 2.24) is 15.1 Å². The van der Waals surface area contributed by atoms with E-state index >= 15 is 0 Å². The zero-order chi connectivity index (χ0) is 13.9. The molecule has 1 N–H and O–H groups in total. The lowest BCUT2D eigenvalue weighted by Crippen LogP contribution is -2.43. The number of benzene rings is 1. The third-order valence-corrected chi connectivity index (χ3v) is 3.74. The molecule has 0 aliphatic carbocycles. The van der Waals surface area contributed by atoms with Crippen molar-refractivity contribution in [2.75, 3.05) is 38.2 Å². The van der Waals surface area contributed by atoms with Gasteiger partial charge in [0.1, 0.15) is 5.75 Å². The van der Waals surface area contributed by atoms with Gasteiger partial charge in [0, 0.05) is 38.8 Å². The quantitative estimate of drug-likeness (QED) is 0.919. The molecule has 1 aliphatic heterocycles. The van der Waals surface area contributed by atoms with E-state index in [2.05, 4.69) is 21.4 Å². The normalized spacial score (nSPS) is 15.4. The number of ether oxygens (including phenoxy) is 1. The van der Waals surface area contributed by atoms with Gasteiger partial charge in [-0.05, 0) is 12.1 Å². The maximum Gasteiger partial charge on any atom is 0.128 e. The van der Waals surface area contributed by atoms with Gasteiger partial charge in [-0.3, -0.25) is 4.68 Å². The highest BCUT2D eigenvalue weighted by Gasteiger charge is 2.20. The second-order valence-electron chi connectivity index (χ2n) is 4.94. The number of para-hydroxylation sites is 1. The summed E-state index contributed by atoms with van der Waals surface area (Å²) in [7, 11) is 3.69. The highest BCUT2D eigenvalue weighted by Crippen LogP contribution is 2.36. The van der Waals surface area contributed by atoms with Crippen LogP contribution in [0, 0.1) is 0 Å². The molecule has 1 fully saturated rings. The van der Waals surface area contributed by atoms with Crippen LogP contribution in [0.2, 0.25) is 0 Å². The van der Waals surface area contributed by atoms with E-state index in [-0.39, 0.29) is 0 Å². The van der Waals surface area contributed by atoms with Gasteiger partial charge in [-0.15, -0.1) is 0 Å². The second kappa shape index (κ2) is 5.54. The number of aryl methyl sites for hydroxylation is 1. The Bertz CT molecular complexity index is 587. The largest absolute Gasteiger partial charge is 0.496 e. The van der Waals surface area contributed by atoms with Gasteiger partial charge in [-0.25, -0.2) is 0 Å². The molecule has 1 aromatic heterocycles. The fourth-order valence-electron chi connectivity index (χ4n) is 2.72. The molecule has 20 heavy (non-hydrogen) atoms. The molecule has 1 aliphatic rings. The van der Waals surface area contributed by atoms with Crippen molar-refractivity contribution in [3.63, 3.8) is 0 Å². The van der Waals surface area contributed by atoms with E-state index in [1.807, 2.05) is 36.1 Å². The summed E-state index contributed by atoms with van der Waals surface area (Å²) >= 11 is 0. The first kappa shape index (κ1) is 13.0. The van der Waals surface area contributed by atoms with Gasteiger partial charge in [0.2, 0.25) is 0 Å². The van der Waals surface area contributed by atoms with Gasteiger partial charge in [0.15, 0.2) is 0 Å². The lowest BCUT2D eigenvalue weighted by Gasteiger charge is -2.29. The number of anilines is 1. The summed E-state index contributed by atoms with van der Waals surface area (Å²) in [4.78, 5) is 2.38. The predicted octanol–water partition coefficient (Wildman–Crippen LogP) is 1.51. The molecule has 5 heteroatoms. The lowest BCUT2D eigenvalue weighted by atomic mass is 10.1. The van der Waals surface area contributed by atoms with Gasteiger partial charge in [-0.1, -0.05) is 12.1 Å². The van der Waals surface area contributed by atoms with Gasteiger partial charge in [-0.2, -0.15) is 5.10 Å². The van der Waals surface area contributed by atoms with Crippen molar-refractivity contribution in [2.45, 2.75) is 0 Å². The summed E-state index contributed by atoms with van der Waals surface area (Å²) in [5.74, 6) is 0.882. The van der Waals surface area contributed by atoms with E-state index in [1.165, 1.54) is 5.69 Å². The van der Waals surface area contributed by atoms with Crippen molar-refractivity contribution in [1.29, 1.82) is 0 Å². The Hall–Kier alpha value is -2.01. The lowest BCUT2D eigenvalue weighted by molar-refractivity contribution is 0.416. The predicted molar refractivity (Wildman–Crippen MR) is 80.3 cm³/mol. The number of hydrogen-bond donors (Lipinski definition) is 1. The van der Waals surface area contributed by atoms with Crippen molar-refractivity contribution >= 4 is 5.69 Å². The number of hydrogen-bond acceptors (Lipinski definition) is 4. The minimum absolute atomic E-state index is 0.882. The third kappa shape index (κ3) is 2.25. The molecule has 2 aromatic rings. The molecule has 0 spiro atoms. The van der Waals surface area contributed by atoms with E-state index in [0.717, 1.165) is 43.2 Å². The maximum absolute atomic E-state index is 5.49. The Morgan fingerprint density at radius 2 is 1.95 bits per heavy atom. The zero-order valence-electron chi connectivity index (χ0n) is 12.0. The average Bonchev–Trinajstić information content (AvgIpc) is 2.89. The van der Waals surface area contributed by atoms with Crippen LogP contribution in [0.3, 0.4) is 0 Å². The van der Waals surface area contributed by atoms with E-state index in [4.69, 9.17) is 4.74 Å². The maximum atomic E-state index is 5.49. The van der Waals surface area contributed by atoms with E-state index in [0.29, 0.717) is 0 Å². The summed E-state index contributed by atoms with van der Waals surface area (Å²) < 4.78 is 7.42. The Kier molecular flexibility index (Phi) is 3.60. The molecule has 106 valence electrons. The Balaban J connectivity index is 2.06. The first-order chi connectivity index (χ1) is 9.81. The average molecular weight is 272 g/mol. The Labute approximate surface area is 119 Å². The van der Waals surface area contributed by atoms with Crippen LogP contribution < -0.4 is 15.0 Å². The molecule has 2 heterocycles. The number of rotatable bonds is 3. The first-order valence-corrected chi connectivity index (χ1v) is 6.92. The fraction of sp³-hybridized carbons (Fsp3) is 0.400. The van der Waals surface area contributed by atoms with Crippen molar-refractivity contribution in [3.8, 4) is 17.0 Å². The van der Waals surface area contributed by atoms with Crippen LogP contribution in [0.4, 0.5) is 5.69 Å². The van der Waals surface area contributed by atoms with Gasteiger partial charge in [0.05, 0.1) is 24.7 Å².